The van der Waals surface area contributed by atoms with Crippen LogP contribution in [-0.4, -0.2) is 87.3 Å². The maximum absolute atomic E-state index is 13.6. The molecule has 0 saturated carbocycles. The van der Waals surface area contributed by atoms with Gasteiger partial charge in [0.05, 0.1) is 12.9 Å². The second-order valence-corrected chi connectivity index (χ2v) is 11.5. The Morgan fingerprint density at radius 2 is 1.46 bits per heavy atom. The highest BCUT2D eigenvalue weighted by atomic mass is 16.5. The van der Waals surface area contributed by atoms with Crippen LogP contribution >= 0.6 is 0 Å². The van der Waals surface area contributed by atoms with E-state index in [0.29, 0.717) is 5.69 Å². The van der Waals surface area contributed by atoms with Crippen molar-refractivity contribution in [3.8, 4) is 11.1 Å². The van der Waals surface area contributed by atoms with Gasteiger partial charge in [0.25, 0.3) is 0 Å². The summed E-state index contributed by atoms with van der Waals surface area (Å²) in [5, 5.41) is 26.2. The van der Waals surface area contributed by atoms with E-state index in [4.69, 9.17) is 9.47 Å². The van der Waals surface area contributed by atoms with Gasteiger partial charge in [-0.2, -0.15) is 0 Å². The quantitative estimate of drug-likeness (QED) is 0.0841. The highest BCUT2D eigenvalue weighted by Crippen LogP contribution is 2.44. The van der Waals surface area contributed by atoms with E-state index in [2.05, 4.69) is 25.9 Å². The van der Waals surface area contributed by atoms with E-state index in [1.54, 1.807) is 6.92 Å². The van der Waals surface area contributed by atoms with E-state index < -0.39 is 60.4 Å². The van der Waals surface area contributed by atoms with Crippen molar-refractivity contribution in [2.24, 2.45) is 0 Å². The number of aliphatic carboxylic acids is 2. The number of nitrogens with one attached hydrogen (secondary N) is 4. The van der Waals surface area contributed by atoms with Crippen LogP contribution in [0.5, 0.6) is 0 Å². The molecule has 1 aromatic heterocycles. The Bertz CT molecular complexity index is 1660. The van der Waals surface area contributed by atoms with Crippen LogP contribution in [0.25, 0.3) is 11.1 Å². The number of carboxylic acids is 2. The van der Waals surface area contributed by atoms with Crippen LogP contribution in [0.4, 0.5) is 4.79 Å². The molecule has 1 heterocycles. The Morgan fingerprint density at radius 1 is 0.840 bits per heavy atom. The number of hydrogen-bond donors (Lipinski definition) is 6. The molecule has 3 aromatic rings. The summed E-state index contributed by atoms with van der Waals surface area (Å²) in [6, 6.07) is 11.9. The van der Waals surface area contributed by atoms with E-state index in [0.717, 1.165) is 28.3 Å². The first-order valence-corrected chi connectivity index (χ1v) is 16.0. The standard InChI is InChI=1S/C35H39N5O10/c1-2-49-32(45)16-12-21(11-14-30(41)42)38-34(47)29(17-22-18-36-20-37-22)39-33(46)28(13-15-31(43)44)40-35(48)50-19-27-25-9-5-3-7-23(25)24-8-4-6-10-26(24)27/h3-10,12,16,18,20-21,27-29H,2,11,13-15,17,19H2,1H3,(H,36,37)(H,38,47)(H,39,46)(H,40,48)(H,41,42)(H,43,44)/b16-12+/t21-,28-,29?/m0/s1. The van der Waals surface area contributed by atoms with Gasteiger partial charge in [-0.3, -0.25) is 19.2 Å². The number of fused-ring (bicyclic) bond motifs is 3. The van der Waals surface area contributed by atoms with Gasteiger partial charge >= 0.3 is 24.0 Å². The maximum atomic E-state index is 13.6. The van der Waals surface area contributed by atoms with Gasteiger partial charge in [-0.05, 0) is 42.0 Å². The zero-order valence-electron chi connectivity index (χ0n) is 27.3. The van der Waals surface area contributed by atoms with Crippen LogP contribution in [0.15, 0.2) is 73.2 Å². The largest absolute Gasteiger partial charge is 0.481 e. The molecular weight excluding hydrogens is 650 g/mol. The fourth-order valence-corrected chi connectivity index (χ4v) is 5.58. The zero-order chi connectivity index (χ0) is 36.0. The molecule has 0 radical (unpaired) electrons. The van der Waals surface area contributed by atoms with Gasteiger partial charge in [0, 0.05) is 49.2 Å². The Hall–Kier alpha value is -5.99. The van der Waals surface area contributed by atoms with Crippen molar-refractivity contribution in [2.75, 3.05) is 13.2 Å². The van der Waals surface area contributed by atoms with Gasteiger partial charge in [-0.25, -0.2) is 14.6 Å². The lowest BCUT2D eigenvalue weighted by atomic mass is 9.98. The lowest BCUT2D eigenvalue weighted by Crippen LogP contribution is -2.55. The third-order valence-corrected chi connectivity index (χ3v) is 7.96. The molecule has 15 nitrogen and oxygen atoms in total. The molecule has 0 aliphatic heterocycles. The van der Waals surface area contributed by atoms with Crippen molar-refractivity contribution in [1.82, 2.24) is 25.9 Å². The normalized spacial score (nSPS) is 13.7. The first kappa shape index (κ1) is 36.8. The van der Waals surface area contributed by atoms with E-state index in [9.17, 15) is 39.0 Å². The van der Waals surface area contributed by atoms with Gasteiger partial charge < -0.3 is 40.6 Å². The number of hydrogen-bond acceptors (Lipinski definition) is 9. The molecule has 0 spiro atoms. The summed E-state index contributed by atoms with van der Waals surface area (Å²) in [7, 11) is 0. The predicted molar refractivity (Wildman–Crippen MR) is 178 cm³/mol. The number of benzene rings is 2. The summed E-state index contributed by atoms with van der Waals surface area (Å²) >= 11 is 0. The number of alkyl carbamates (subject to hydrolysis) is 1. The smallest absolute Gasteiger partial charge is 0.407 e. The fraction of sp³-hybridized carbons (Fsp3) is 0.343. The Kier molecular flexibility index (Phi) is 13.2. The minimum Gasteiger partial charge on any atom is -0.481 e. The molecule has 4 rings (SSSR count). The van der Waals surface area contributed by atoms with E-state index in [-0.39, 0.29) is 44.8 Å². The number of carboxylic acid groups (broad SMARTS) is 2. The average Bonchev–Trinajstić information content (AvgIpc) is 3.72. The van der Waals surface area contributed by atoms with Crippen LogP contribution < -0.4 is 16.0 Å². The molecule has 264 valence electrons. The number of amides is 3. The van der Waals surface area contributed by atoms with Crippen molar-refractivity contribution in [1.29, 1.82) is 0 Å². The highest BCUT2D eigenvalue weighted by Gasteiger charge is 2.32. The number of nitrogens with zero attached hydrogens (tertiary/aromatic N) is 1. The van der Waals surface area contributed by atoms with Crippen LogP contribution in [-0.2, 0) is 39.9 Å². The first-order valence-electron chi connectivity index (χ1n) is 16.0. The topological polar surface area (TPSA) is 226 Å². The summed E-state index contributed by atoms with van der Waals surface area (Å²) in [5.41, 5.74) is 4.47. The summed E-state index contributed by atoms with van der Waals surface area (Å²) in [4.78, 5) is 81.5. The number of ether oxygens (including phenoxy) is 2. The molecule has 50 heavy (non-hydrogen) atoms. The zero-order valence-corrected chi connectivity index (χ0v) is 27.3. The maximum Gasteiger partial charge on any atom is 0.407 e. The number of H-pyrrole nitrogens is 1. The molecule has 0 saturated heterocycles. The molecule has 0 fully saturated rings. The van der Waals surface area contributed by atoms with Crippen molar-refractivity contribution in [3.63, 3.8) is 0 Å². The molecule has 15 heteroatoms. The van der Waals surface area contributed by atoms with Gasteiger partial charge in [0.1, 0.15) is 18.7 Å². The summed E-state index contributed by atoms with van der Waals surface area (Å²) in [5.74, 6) is -4.88. The van der Waals surface area contributed by atoms with Crippen molar-refractivity contribution in [3.05, 3.63) is 90.0 Å². The van der Waals surface area contributed by atoms with Crippen molar-refractivity contribution >= 4 is 35.8 Å². The number of carbonyl (C=O) groups excluding carboxylic acids is 4. The molecule has 1 unspecified atom stereocenters. The Labute approximate surface area is 287 Å². The number of esters is 1. The second-order valence-electron chi connectivity index (χ2n) is 11.5. The van der Waals surface area contributed by atoms with Gasteiger partial charge in [0.2, 0.25) is 11.8 Å². The molecule has 3 atom stereocenters. The fourth-order valence-electron chi connectivity index (χ4n) is 5.58. The number of imidazole rings is 1. The van der Waals surface area contributed by atoms with E-state index in [1.165, 1.54) is 18.6 Å². The van der Waals surface area contributed by atoms with Crippen LogP contribution in [0.1, 0.15) is 55.3 Å². The third-order valence-electron chi connectivity index (χ3n) is 7.96. The van der Waals surface area contributed by atoms with Crippen molar-refractivity contribution < 1.29 is 48.5 Å². The number of rotatable bonds is 18. The predicted octanol–water partition coefficient (Wildman–Crippen LogP) is 2.68. The summed E-state index contributed by atoms with van der Waals surface area (Å²) in [6.45, 7) is 1.68. The Balaban J connectivity index is 1.47. The first-order chi connectivity index (χ1) is 24.0. The minimum atomic E-state index is -1.40. The molecular formula is C35H39N5O10. The second kappa shape index (κ2) is 18.0. The molecule has 6 N–H and O–H groups in total. The van der Waals surface area contributed by atoms with E-state index in [1.807, 2.05) is 48.5 Å². The van der Waals surface area contributed by atoms with Crippen LogP contribution in [0, 0.1) is 0 Å². The number of aromatic amines is 1. The molecule has 2 aromatic carbocycles. The number of carbonyl (C=O) groups is 6. The summed E-state index contributed by atoms with van der Waals surface area (Å²) in [6.07, 6.45) is 2.92. The molecule has 1 aliphatic carbocycles. The lowest BCUT2D eigenvalue weighted by molar-refractivity contribution is -0.138. The van der Waals surface area contributed by atoms with Gasteiger partial charge in [-0.1, -0.05) is 54.6 Å². The molecule has 0 bridgehead atoms. The number of aromatic nitrogens is 2. The van der Waals surface area contributed by atoms with Crippen LogP contribution in [0.3, 0.4) is 0 Å². The third kappa shape index (κ3) is 10.5. The minimum absolute atomic E-state index is 0.0466. The monoisotopic (exact) mass is 689 g/mol. The van der Waals surface area contributed by atoms with E-state index >= 15 is 0 Å². The molecule has 1 aliphatic rings. The highest BCUT2D eigenvalue weighted by molar-refractivity contribution is 5.92. The summed E-state index contributed by atoms with van der Waals surface area (Å²) < 4.78 is 10.4. The lowest BCUT2D eigenvalue weighted by Gasteiger charge is -2.24. The SMILES string of the molecule is CCOC(=O)/C=C/[C@H](CCC(=O)O)NC(=O)C(Cc1cnc[nH]1)NC(=O)[C@H](CCC(=O)O)NC(=O)OCC1c2ccccc2-c2ccccc21. The average molecular weight is 690 g/mol. The molecule has 3 amide bonds. The van der Waals surface area contributed by atoms with Gasteiger partial charge in [-0.15, -0.1) is 0 Å². The Morgan fingerprint density at radius 3 is 2.06 bits per heavy atom. The van der Waals surface area contributed by atoms with Crippen molar-refractivity contribution in [2.45, 2.75) is 63.1 Å². The van der Waals surface area contributed by atoms with Gasteiger partial charge in [0.15, 0.2) is 0 Å². The van der Waals surface area contributed by atoms with Crippen LogP contribution in [0.2, 0.25) is 0 Å².